The lowest BCUT2D eigenvalue weighted by Gasteiger charge is -2.10. The van der Waals surface area contributed by atoms with Crippen molar-refractivity contribution in [2.24, 2.45) is 0 Å². The molecule has 0 radical (unpaired) electrons. The predicted octanol–water partition coefficient (Wildman–Crippen LogP) is 4.29. The maximum absolute atomic E-state index is 13.3. The lowest BCUT2D eigenvalue weighted by Crippen LogP contribution is -2.15. The van der Waals surface area contributed by atoms with Crippen molar-refractivity contribution >= 4 is 15.7 Å². The first kappa shape index (κ1) is 22.3. The van der Waals surface area contributed by atoms with Crippen molar-refractivity contribution in [1.82, 2.24) is 20.0 Å². The Balaban J connectivity index is 1.40. The lowest BCUT2D eigenvalue weighted by atomic mass is 10.2. The molecule has 0 saturated carbocycles. The van der Waals surface area contributed by atoms with Gasteiger partial charge in [-0.2, -0.15) is 5.10 Å². The van der Waals surface area contributed by atoms with E-state index in [9.17, 15) is 17.2 Å². The predicted molar refractivity (Wildman–Crippen MR) is 118 cm³/mol. The summed E-state index contributed by atoms with van der Waals surface area (Å²) in [6.45, 7) is 3.80. The van der Waals surface area contributed by atoms with Crippen molar-refractivity contribution in [2.45, 2.75) is 19.6 Å². The van der Waals surface area contributed by atoms with E-state index in [4.69, 9.17) is 4.74 Å². The second kappa shape index (κ2) is 8.94. The Kier molecular flexibility index (Phi) is 6.05. The van der Waals surface area contributed by atoms with E-state index in [1.54, 1.807) is 28.9 Å². The minimum Gasteiger partial charge on any atom is -0.438 e. The molecule has 33 heavy (non-hydrogen) atoms. The Morgan fingerprint density at radius 1 is 0.939 bits per heavy atom. The Morgan fingerprint density at radius 3 is 2.21 bits per heavy atom. The summed E-state index contributed by atoms with van der Waals surface area (Å²) in [5, 5.41) is 12.5. The van der Waals surface area contributed by atoms with Crippen LogP contribution < -0.4 is 9.46 Å². The van der Waals surface area contributed by atoms with Gasteiger partial charge in [0.2, 0.25) is 15.9 Å². The van der Waals surface area contributed by atoms with Crippen LogP contribution in [-0.2, 0) is 15.8 Å². The Labute approximate surface area is 188 Å². The van der Waals surface area contributed by atoms with Gasteiger partial charge in [0.05, 0.1) is 11.4 Å². The molecule has 0 unspecified atom stereocenters. The molecule has 4 rings (SSSR count). The van der Waals surface area contributed by atoms with Crippen molar-refractivity contribution in [3.05, 3.63) is 89.2 Å². The van der Waals surface area contributed by atoms with E-state index in [0.29, 0.717) is 17.6 Å². The van der Waals surface area contributed by atoms with Crippen molar-refractivity contribution in [1.29, 1.82) is 0 Å². The van der Waals surface area contributed by atoms with Gasteiger partial charge in [0.1, 0.15) is 17.4 Å². The molecule has 11 heteroatoms. The van der Waals surface area contributed by atoms with Crippen LogP contribution in [0.15, 0.2) is 60.7 Å². The smallest absolute Gasteiger partial charge is 0.238 e. The fraction of sp³-hybridized carbons (Fsp3) is 0.136. The third-order valence-corrected chi connectivity index (χ3v) is 5.74. The van der Waals surface area contributed by atoms with Crippen LogP contribution >= 0.6 is 0 Å². The molecule has 0 spiro atoms. The van der Waals surface area contributed by atoms with E-state index < -0.39 is 27.4 Å². The average Bonchev–Trinajstić information content (AvgIpc) is 3.06. The molecule has 0 saturated heterocycles. The van der Waals surface area contributed by atoms with Crippen LogP contribution in [0, 0.1) is 25.5 Å². The molecule has 170 valence electrons. The van der Waals surface area contributed by atoms with Crippen molar-refractivity contribution in [3.8, 4) is 17.4 Å². The minimum atomic E-state index is -3.88. The van der Waals surface area contributed by atoms with Crippen molar-refractivity contribution in [2.75, 3.05) is 4.72 Å². The summed E-state index contributed by atoms with van der Waals surface area (Å²) in [5.74, 6) is -1.03. The van der Waals surface area contributed by atoms with Crippen LogP contribution in [0.3, 0.4) is 0 Å². The van der Waals surface area contributed by atoms with Crippen LogP contribution in [0.25, 0.3) is 5.82 Å². The lowest BCUT2D eigenvalue weighted by molar-refractivity contribution is 0.454. The first-order valence-corrected chi connectivity index (χ1v) is 11.4. The number of aromatic nitrogens is 4. The Bertz CT molecular complexity index is 1370. The van der Waals surface area contributed by atoms with Gasteiger partial charge in [-0.15, -0.1) is 10.2 Å². The number of rotatable bonds is 7. The normalized spacial score (nSPS) is 11.4. The number of anilines is 1. The second-order valence-corrected chi connectivity index (χ2v) is 9.06. The molecule has 0 aliphatic heterocycles. The third kappa shape index (κ3) is 5.69. The average molecular weight is 471 g/mol. The second-order valence-electron chi connectivity index (χ2n) is 7.33. The van der Waals surface area contributed by atoms with Crippen molar-refractivity contribution < 1.29 is 21.9 Å². The van der Waals surface area contributed by atoms with Gasteiger partial charge in [-0.3, -0.25) is 4.72 Å². The first-order valence-electron chi connectivity index (χ1n) is 9.78. The summed E-state index contributed by atoms with van der Waals surface area (Å²) >= 11 is 0. The highest BCUT2D eigenvalue weighted by Crippen LogP contribution is 2.23. The highest BCUT2D eigenvalue weighted by atomic mass is 32.2. The molecule has 0 bridgehead atoms. The highest BCUT2D eigenvalue weighted by Gasteiger charge is 2.14. The van der Waals surface area contributed by atoms with Gasteiger partial charge in [-0.25, -0.2) is 21.9 Å². The largest absolute Gasteiger partial charge is 0.438 e. The molecular formula is C22H19F2N5O3S. The summed E-state index contributed by atoms with van der Waals surface area (Å²) in [7, 11) is -3.88. The van der Waals surface area contributed by atoms with E-state index in [-0.39, 0.29) is 17.1 Å². The van der Waals surface area contributed by atoms with Crippen LogP contribution in [0.5, 0.6) is 11.6 Å². The van der Waals surface area contributed by atoms with Crippen LogP contribution in [0.4, 0.5) is 14.5 Å². The molecular weight excluding hydrogens is 452 g/mol. The van der Waals surface area contributed by atoms with Crippen LogP contribution in [-0.4, -0.2) is 28.4 Å². The fourth-order valence-electron chi connectivity index (χ4n) is 3.18. The molecule has 1 N–H and O–H groups in total. The number of sulfonamides is 1. The summed E-state index contributed by atoms with van der Waals surface area (Å²) in [6.07, 6.45) is 0. The van der Waals surface area contributed by atoms with Crippen LogP contribution in [0.1, 0.15) is 17.0 Å². The van der Waals surface area contributed by atoms with E-state index in [0.717, 1.165) is 23.5 Å². The molecule has 2 heterocycles. The number of hydrogen-bond acceptors (Lipinski definition) is 6. The summed E-state index contributed by atoms with van der Waals surface area (Å²) in [6, 6.07) is 14.0. The van der Waals surface area contributed by atoms with Gasteiger partial charge in [-0.1, -0.05) is 0 Å². The first-order chi connectivity index (χ1) is 15.7. The zero-order valence-corrected chi connectivity index (χ0v) is 18.5. The highest BCUT2D eigenvalue weighted by molar-refractivity contribution is 7.91. The number of aryl methyl sites for hydroxylation is 2. The molecule has 0 atom stereocenters. The molecule has 0 aliphatic carbocycles. The molecule has 2 aromatic carbocycles. The summed E-state index contributed by atoms with van der Waals surface area (Å²) in [5.41, 5.74) is 2.07. The summed E-state index contributed by atoms with van der Waals surface area (Å²) < 4.78 is 60.9. The number of ether oxygens (including phenoxy) is 1. The zero-order valence-electron chi connectivity index (χ0n) is 17.7. The van der Waals surface area contributed by atoms with E-state index in [2.05, 4.69) is 20.0 Å². The number of nitrogens with one attached hydrogen (secondary N) is 1. The van der Waals surface area contributed by atoms with Gasteiger partial charge in [-0.05, 0) is 67.9 Å². The van der Waals surface area contributed by atoms with Gasteiger partial charge >= 0.3 is 0 Å². The SMILES string of the molecule is Cc1cc(C)n(-c2ccc(Oc3ccc(NS(=O)(=O)Cc4cc(F)cc(F)c4)cc3)nn2)n1. The summed E-state index contributed by atoms with van der Waals surface area (Å²) in [4.78, 5) is 0. The monoisotopic (exact) mass is 471 g/mol. The molecule has 0 aliphatic rings. The standard InChI is InChI=1S/C22H19F2N5O3S/c1-14-9-15(2)29(27-14)21-7-8-22(26-25-21)32-20-5-3-19(4-6-20)28-33(30,31)13-16-10-17(23)12-18(24)11-16/h3-12,28H,13H2,1-2H3. The van der Waals surface area contributed by atoms with Crippen LogP contribution in [0.2, 0.25) is 0 Å². The van der Waals surface area contributed by atoms with Gasteiger partial charge in [0, 0.05) is 23.5 Å². The van der Waals surface area contributed by atoms with Gasteiger partial charge in [0.25, 0.3) is 0 Å². The fourth-order valence-corrected chi connectivity index (χ4v) is 4.36. The maximum Gasteiger partial charge on any atom is 0.238 e. The Hall–Kier alpha value is -3.86. The van der Waals surface area contributed by atoms with Crippen molar-refractivity contribution in [3.63, 3.8) is 0 Å². The van der Waals surface area contributed by atoms with E-state index >= 15 is 0 Å². The number of hydrogen-bond donors (Lipinski definition) is 1. The molecule has 0 fully saturated rings. The number of benzene rings is 2. The maximum atomic E-state index is 13.3. The molecule has 0 amide bonds. The van der Waals surface area contributed by atoms with Gasteiger partial charge in [0.15, 0.2) is 5.82 Å². The molecule has 4 aromatic rings. The Morgan fingerprint density at radius 2 is 1.64 bits per heavy atom. The number of nitrogens with zero attached hydrogens (tertiary/aromatic N) is 4. The molecule has 8 nitrogen and oxygen atoms in total. The minimum absolute atomic E-state index is 0.00226. The van der Waals surface area contributed by atoms with Gasteiger partial charge < -0.3 is 4.74 Å². The van der Waals surface area contributed by atoms with E-state index in [1.807, 2.05) is 19.9 Å². The topological polar surface area (TPSA) is 99.0 Å². The zero-order chi connectivity index (χ0) is 23.6. The molecule has 2 aromatic heterocycles. The quantitative estimate of drug-likeness (QED) is 0.432. The van der Waals surface area contributed by atoms with E-state index in [1.165, 1.54) is 12.1 Å². The third-order valence-electron chi connectivity index (χ3n) is 4.48. The number of halogens is 2.